The molecule has 3 heterocycles. The number of hydrogen-bond acceptors (Lipinski definition) is 6. The maximum absolute atomic E-state index is 9.09. The first kappa shape index (κ1) is 14.2. The van der Waals surface area contributed by atoms with E-state index in [2.05, 4.69) is 20.0 Å². The SMILES string of the molecule is Cn1ncc2c(N)nc(CN3CCCC(CCO)C3)nc21. The highest BCUT2D eigenvalue weighted by atomic mass is 16.3. The van der Waals surface area contributed by atoms with Gasteiger partial charge < -0.3 is 10.8 Å². The quantitative estimate of drug-likeness (QED) is 0.853. The van der Waals surface area contributed by atoms with Crippen LogP contribution in [0.4, 0.5) is 5.82 Å². The molecule has 3 rings (SSSR count). The lowest BCUT2D eigenvalue weighted by Crippen LogP contribution is -2.35. The standard InChI is InChI=1S/C14H22N6O/c1-19-14-11(7-16-19)13(15)17-12(18-14)9-20-5-2-3-10(8-20)4-6-21/h7,10,21H,2-6,8-9H2,1H3,(H2,15,17,18). The van der Waals surface area contributed by atoms with E-state index in [1.54, 1.807) is 10.9 Å². The lowest BCUT2D eigenvalue weighted by atomic mass is 9.95. The van der Waals surface area contributed by atoms with E-state index in [0.29, 0.717) is 18.3 Å². The molecule has 21 heavy (non-hydrogen) atoms. The average molecular weight is 290 g/mol. The molecule has 1 aliphatic rings. The topological polar surface area (TPSA) is 93.1 Å². The van der Waals surface area contributed by atoms with E-state index in [1.807, 2.05) is 7.05 Å². The fourth-order valence-corrected chi connectivity index (χ4v) is 3.07. The van der Waals surface area contributed by atoms with Gasteiger partial charge in [-0.25, -0.2) is 9.97 Å². The van der Waals surface area contributed by atoms with Crippen molar-refractivity contribution in [1.29, 1.82) is 0 Å². The van der Waals surface area contributed by atoms with Gasteiger partial charge in [0.25, 0.3) is 0 Å². The molecule has 2 aromatic rings. The smallest absolute Gasteiger partial charge is 0.163 e. The minimum Gasteiger partial charge on any atom is -0.396 e. The van der Waals surface area contributed by atoms with Gasteiger partial charge in [-0.05, 0) is 31.7 Å². The van der Waals surface area contributed by atoms with Crippen molar-refractivity contribution in [3.05, 3.63) is 12.0 Å². The van der Waals surface area contributed by atoms with E-state index >= 15 is 0 Å². The minimum atomic E-state index is 0.267. The van der Waals surface area contributed by atoms with Crippen LogP contribution < -0.4 is 5.73 Å². The Morgan fingerprint density at radius 3 is 3.10 bits per heavy atom. The van der Waals surface area contributed by atoms with Crippen LogP contribution in [0.15, 0.2) is 6.20 Å². The Labute approximate surface area is 123 Å². The molecule has 2 aromatic heterocycles. The minimum absolute atomic E-state index is 0.267. The molecule has 0 saturated carbocycles. The summed E-state index contributed by atoms with van der Waals surface area (Å²) in [6, 6.07) is 0. The molecule has 7 heteroatoms. The highest BCUT2D eigenvalue weighted by Gasteiger charge is 2.21. The summed E-state index contributed by atoms with van der Waals surface area (Å²) in [5, 5.41) is 14.1. The highest BCUT2D eigenvalue weighted by molar-refractivity contribution is 5.84. The molecule has 7 nitrogen and oxygen atoms in total. The lowest BCUT2D eigenvalue weighted by Gasteiger charge is -2.31. The molecule has 3 N–H and O–H groups in total. The van der Waals surface area contributed by atoms with Gasteiger partial charge >= 0.3 is 0 Å². The normalized spacial score (nSPS) is 20.2. The Morgan fingerprint density at radius 2 is 2.29 bits per heavy atom. The molecule has 114 valence electrons. The molecule has 1 atom stereocenters. The Balaban J connectivity index is 1.76. The number of piperidine rings is 1. The van der Waals surface area contributed by atoms with E-state index < -0.39 is 0 Å². The second kappa shape index (κ2) is 5.95. The number of aryl methyl sites for hydroxylation is 1. The largest absolute Gasteiger partial charge is 0.396 e. The van der Waals surface area contributed by atoms with E-state index in [0.717, 1.165) is 42.8 Å². The molecule has 1 saturated heterocycles. The zero-order chi connectivity index (χ0) is 14.8. The van der Waals surface area contributed by atoms with E-state index in [1.165, 1.54) is 6.42 Å². The van der Waals surface area contributed by atoms with E-state index in [9.17, 15) is 0 Å². The summed E-state index contributed by atoms with van der Waals surface area (Å²) in [6.07, 6.45) is 4.93. The predicted octanol–water partition coefficient (Wildman–Crippen LogP) is 0.540. The van der Waals surface area contributed by atoms with Crippen LogP contribution in [0, 0.1) is 5.92 Å². The summed E-state index contributed by atoms with van der Waals surface area (Å²) in [4.78, 5) is 11.3. The third-order valence-electron chi connectivity index (χ3n) is 4.17. The third-order valence-corrected chi connectivity index (χ3v) is 4.17. The Morgan fingerprint density at radius 1 is 1.43 bits per heavy atom. The number of anilines is 1. The van der Waals surface area contributed by atoms with Crippen LogP contribution in [-0.4, -0.2) is 49.5 Å². The maximum Gasteiger partial charge on any atom is 0.163 e. The molecule has 1 fully saturated rings. The summed E-state index contributed by atoms with van der Waals surface area (Å²) in [6.45, 7) is 3.01. The van der Waals surface area contributed by atoms with Crippen LogP contribution in [0.1, 0.15) is 25.1 Å². The first-order valence-electron chi connectivity index (χ1n) is 7.44. The second-order valence-electron chi connectivity index (χ2n) is 5.79. The maximum atomic E-state index is 9.09. The summed E-state index contributed by atoms with van der Waals surface area (Å²) < 4.78 is 1.72. The van der Waals surface area contributed by atoms with Crippen molar-refractivity contribution in [3.8, 4) is 0 Å². The van der Waals surface area contributed by atoms with E-state index in [4.69, 9.17) is 10.8 Å². The van der Waals surface area contributed by atoms with Gasteiger partial charge in [0.1, 0.15) is 11.6 Å². The van der Waals surface area contributed by atoms with Gasteiger partial charge in [-0.3, -0.25) is 9.58 Å². The molecule has 0 spiro atoms. The van der Waals surface area contributed by atoms with Crippen LogP contribution in [-0.2, 0) is 13.6 Å². The molecule has 1 unspecified atom stereocenters. The van der Waals surface area contributed by atoms with Gasteiger partial charge in [0.05, 0.1) is 18.1 Å². The van der Waals surface area contributed by atoms with Crippen LogP contribution >= 0.6 is 0 Å². The van der Waals surface area contributed by atoms with Crippen molar-refractivity contribution < 1.29 is 5.11 Å². The van der Waals surface area contributed by atoms with Gasteiger partial charge in [-0.1, -0.05) is 0 Å². The molecular formula is C14H22N6O. The number of aromatic nitrogens is 4. The summed E-state index contributed by atoms with van der Waals surface area (Å²) >= 11 is 0. The number of nitrogen functional groups attached to an aromatic ring is 1. The fraction of sp³-hybridized carbons (Fsp3) is 0.643. The van der Waals surface area contributed by atoms with Gasteiger partial charge in [0.2, 0.25) is 0 Å². The number of likely N-dealkylation sites (tertiary alicyclic amines) is 1. The number of hydrogen-bond donors (Lipinski definition) is 2. The van der Waals surface area contributed by atoms with Gasteiger partial charge in [0.15, 0.2) is 5.65 Å². The van der Waals surface area contributed by atoms with Crippen molar-refractivity contribution in [2.75, 3.05) is 25.4 Å². The molecule has 1 aliphatic heterocycles. The number of nitrogens with zero attached hydrogens (tertiary/aromatic N) is 5. The van der Waals surface area contributed by atoms with Crippen LogP contribution in [0.2, 0.25) is 0 Å². The van der Waals surface area contributed by atoms with Crippen molar-refractivity contribution in [2.24, 2.45) is 13.0 Å². The first-order valence-corrected chi connectivity index (χ1v) is 7.44. The lowest BCUT2D eigenvalue weighted by molar-refractivity contribution is 0.140. The van der Waals surface area contributed by atoms with Crippen molar-refractivity contribution in [2.45, 2.75) is 25.8 Å². The number of fused-ring (bicyclic) bond motifs is 1. The van der Waals surface area contributed by atoms with Crippen LogP contribution in [0.5, 0.6) is 0 Å². The number of rotatable bonds is 4. The van der Waals surface area contributed by atoms with Gasteiger partial charge in [-0.15, -0.1) is 0 Å². The molecule has 0 aliphatic carbocycles. The van der Waals surface area contributed by atoms with Crippen LogP contribution in [0.3, 0.4) is 0 Å². The summed E-state index contributed by atoms with van der Waals surface area (Å²) in [5.74, 6) is 1.81. The number of nitrogens with two attached hydrogens (primary N) is 1. The Bertz CT molecular complexity index is 623. The van der Waals surface area contributed by atoms with Crippen LogP contribution in [0.25, 0.3) is 11.0 Å². The van der Waals surface area contributed by atoms with E-state index in [-0.39, 0.29) is 6.61 Å². The van der Waals surface area contributed by atoms with Gasteiger partial charge in [-0.2, -0.15) is 5.10 Å². The molecule has 0 radical (unpaired) electrons. The summed E-state index contributed by atoms with van der Waals surface area (Å²) in [7, 11) is 1.86. The Kier molecular flexibility index (Phi) is 4.03. The zero-order valence-electron chi connectivity index (χ0n) is 12.4. The second-order valence-corrected chi connectivity index (χ2v) is 5.79. The fourth-order valence-electron chi connectivity index (χ4n) is 3.07. The zero-order valence-corrected chi connectivity index (χ0v) is 12.4. The van der Waals surface area contributed by atoms with Crippen molar-refractivity contribution >= 4 is 16.9 Å². The monoisotopic (exact) mass is 290 g/mol. The number of aliphatic hydroxyl groups excluding tert-OH is 1. The third kappa shape index (κ3) is 2.98. The highest BCUT2D eigenvalue weighted by Crippen LogP contribution is 2.22. The van der Waals surface area contributed by atoms with Gasteiger partial charge in [0, 0.05) is 20.2 Å². The average Bonchev–Trinajstić information content (AvgIpc) is 2.82. The molecule has 0 aromatic carbocycles. The van der Waals surface area contributed by atoms with Crippen molar-refractivity contribution in [3.63, 3.8) is 0 Å². The summed E-state index contributed by atoms with van der Waals surface area (Å²) in [5.41, 5.74) is 6.77. The molecule has 0 amide bonds. The molecular weight excluding hydrogens is 268 g/mol. The first-order chi connectivity index (χ1) is 10.2. The molecule has 0 bridgehead atoms. The number of aliphatic hydroxyl groups is 1. The predicted molar refractivity (Wildman–Crippen MR) is 80.4 cm³/mol. The van der Waals surface area contributed by atoms with Crippen molar-refractivity contribution in [1.82, 2.24) is 24.6 Å². The Hall–Kier alpha value is -1.73.